The lowest BCUT2D eigenvalue weighted by molar-refractivity contribution is 0.342. The van der Waals surface area contributed by atoms with Crippen LogP contribution >= 0.6 is 0 Å². The lowest BCUT2D eigenvalue weighted by Gasteiger charge is -2.33. The van der Waals surface area contributed by atoms with Gasteiger partial charge in [-0.05, 0) is 37.6 Å². The highest BCUT2D eigenvalue weighted by atomic mass is 32.2. The van der Waals surface area contributed by atoms with Gasteiger partial charge in [-0.15, -0.1) is 0 Å². The van der Waals surface area contributed by atoms with E-state index in [4.69, 9.17) is 0 Å². The van der Waals surface area contributed by atoms with Crippen LogP contribution in [0.15, 0.2) is 29.2 Å². The van der Waals surface area contributed by atoms with Gasteiger partial charge < -0.3 is 5.32 Å². The third kappa shape index (κ3) is 1.37. The highest BCUT2D eigenvalue weighted by Gasteiger charge is 2.42. The van der Waals surface area contributed by atoms with Crippen molar-refractivity contribution >= 4 is 10.8 Å². The third-order valence-electron chi connectivity index (χ3n) is 3.67. The van der Waals surface area contributed by atoms with Crippen LogP contribution in [0.1, 0.15) is 18.4 Å². The minimum Gasteiger partial charge on any atom is -0.317 e. The van der Waals surface area contributed by atoms with Crippen molar-refractivity contribution < 1.29 is 4.21 Å². The number of fused-ring (bicyclic) bond motifs is 2. The molecule has 1 aromatic carbocycles. The fraction of sp³-hybridized carbons (Fsp3) is 0.500. The molecule has 0 aromatic heterocycles. The van der Waals surface area contributed by atoms with Crippen molar-refractivity contribution in [3.63, 3.8) is 0 Å². The molecule has 2 nitrogen and oxygen atoms in total. The van der Waals surface area contributed by atoms with E-state index in [1.54, 1.807) is 0 Å². The van der Waals surface area contributed by atoms with Crippen LogP contribution in [0.2, 0.25) is 0 Å². The Morgan fingerprint density at radius 2 is 1.93 bits per heavy atom. The molecule has 0 bridgehead atoms. The summed E-state index contributed by atoms with van der Waals surface area (Å²) in [5.41, 5.74) is 1.57. The maximum atomic E-state index is 12.0. The quantitative estimate of drug-likeness (QED) is 0.718. The molecule has 0 saturated carbocycles. The molecule has 0 radical (unpaired) electrons. The second kappa shape index (κ2) is 3.42. The molecule has 1 fully saturated rings. The largest absolute Gasteiger partial charge is 0.317 e. The summed E-state index contributed by atoms with van der Waals surface area (Å²) >= 11 is 0. The SMILES string of the molecule is O=S1CC2(CCNCC2)c2ccccc21. The molecular formula is C12H15NOS. The molecule has 2 aliphatic rings. The van der Waals surface area contributed by atoms with Gasteiger partial charge in [-0.25, -0.2) is 0 Å². The normalized spacial score (nSPS) is 27.9. The zero-order chi connectivity index (χ0) is 10.3. The van der Waals surface area contributed by atoms with Crippen LogP contribution in [0, 0.1) is 0 Å². The van der Waals surface area contributed by atoms with E-state index in [1.165, 1.54) is 5.56 Å². The molecule has 3 heteroatoms. The molecule has 2 aliphatic heterocycles. The molecule has 1 N–H and O–H groups in total. The molecular weight excluding hydrogens is 206 g/mol. The van der Waals surface area contributed by atoms with Gasteiger partial charge in [-0.2, -0.15) is 0 Å². The van der Waals surface area contributed by atoms with Gasteiger partial charge in [0.15, 0.2) is 0 Å². The number of piperidine rings is 1. The van der Waals surface area contributed by atoms with Crippen LogP contribution in [0.3, 0.4) is 0 Å². The minimum atomic E-state index is -0.762. The maximum Gasteiger partial charge on any atom is 0.0541 e. The highest BCUT2D eigenvalue weighted by Crippen LogP contribution is 2.43. The topological polar surface area (TPSA) is 29.1 Å². The Morgan fingerprint density at radius 1 is 1.20 bits per heavy atom. The summed E-state index contributed by atoms with van der Waals surface area (Å²) in [6.45, 7) is 2.12. The van der Waals surface area contributed by atoms with E-state index in [2.05, 4.69) is 17.4 Å². The molecule has 1 spiro atoms. The van der Waals surface area contributed by atoms with Crippen molar-refractivity contribution in [3.8, 4) is 0 Å². The van der Waals surface area contributed by atoms with Crippen molar-refractivity contribution in [2.75, 3.05) is 18.8 Å². The summed E-state index contributed by atoms with van der Waals surface area (Å²) in [7, 11) is -0.762. The predicted octanol–water partition coefficient (Wildman–Crippen LogP) is 1.43. The first-order chi connectivity index (χ1) is 7.32. The summed E-state index contributed by atoms with van der Waals surface area (Å²) in [6.07, 6.45) is 2.27. The number of hydrogen-bond acceptors (Lipinski definition) is 2. The van der Waals surface area contributed by atoms with Crippen molar-refractivity contribution in [3.05, 3.63) is 29.8 Å². The molecule has 1 saturated heterocycles. The predicted molar refractivity (Wildman–Crippen MR) is 61.5 cm³/mol. The van der Waals surface area contributed by atoms with E-state index in [1.807, 2.05) is 12.1 Å². The Kier molecular flexibility index (Phi) is 2.18. The standard InChI is InChI=1S/C12H15NOS/c14-15-9-12(5-7-13-8-6-12)10-3-1-2-4-11(10)15/h1-4,13H,5-9H2. The van der Waals surface area contributed by atoms with E-state index < -0.39 is 10.8 Å². The smallest absolute Gasteiger partial charge is 0.0541 e. The molecule has 1 unspecified atom stereocenters. The van der Waals surface area contributed by atoms with Gasteiger partial charge in [0, 0.05) is 16.1 Å². The number of benzene rings is 1. The van der Waals surface area contributed by atoms with Gasteiger partial charge in [-0.1, -0.05) is 18.2 Å². The van der Waals surface area contributed by atoms with E-state index in [0.717, 1.165) is 36.6 Å². The van der Waals surface area contributed by atoms with Gasteiger partial charge in [-0.3, -0.25) is 4.21 Å². The molecule has 15 heavy (non-hydrogen) atoms. The second-order valence-corrected chi connectivity index (χ2v) is 5.94. The van der Waals surface area contributed by atoms with Gasteiger partial charge in [0.2, 0.25) is 0 Å². The van der Waals surface area contributed by atoms with Crippen molar-refractivity contribution in [2.45, 2.75) is 23.2 Å². The van der Waals surface area contributed by atoms with E-state index >= 15 is 0 Å². The van der Waals surface area contributed by atoms with Crippen LogP contribution in [0.4, 0.5) is 0 Å². The van der Waals surface area contributed by atoms with Crippen LogP contribution in [-0.4, -0.2) is 23.1 Å². The Bertz CT molecular complexity index is 410. The van der Waals surface area contributed by atoms with E-state index in [9.17, 15) is 4.21 Å². The van der Waals surface area contributed by atoms with Gasteiger partial charge >= 0.3 is 0 Å². The average molecular weight is 221 g/mol. The van der Waals surface area contributed by atoms with Crippen LogP contribution < -0.4 is 5.32 Å². The Labute approximate surface area is 92.5 Å². The number of hydrogen-bond donors (Lipinski definition) is 1. The van der Waals surface area contributed by atoms with E-state index in [-0.39, 0.29) is 5.41 Å². The molecule has 2 heterocycles. The fourth-order valence-corrected chi connectivity index (χ4v) is 4.69. The average Bonchev–Trinajstić information content (AvgIpc) is 2.55. The molecule has 0 amide bonds. The zero-order valence-corrected chi connectivity index (χ0v) is 9.48. The summed E-state index contributed by atoms with van der Waals surface area (Å²) < 4.78 is 12.0. The Hall–Kier alpha value is -0.670. The first-order valence-corrected chi connectivity index (χ1v) is 6.82. The van der Waals surface area contributed by atoms with Crippen LogP contribution in [0.5, 0.6) is 0 Å². The molecule has 3 rings (SSSR count). The Balaban J connectivity index is 2.10. The number of nitrogens with one attached hydrogen (secondary N) is 1. The lowest BCUT2D eigenvalue weighted by atomic mass is 9.75. The Morgan fingerprint density at radius 3 is 2.73 bits per heavy atom. The summed E-state index contributed by atoms with van der Waals surface area (Å²) in [5, 5.41) is 3.38. The van der Waals surface area contributed by atoms with Crippen molar-refractivity contribution in [1.29, 1.82) is 0 Å². The van der Waals surface area contributed by atoms with Gasteiger partial charge in [0.05, 0.1) is 10.8 Å². The molecule has 1 atom stereocenters. The van der Waals surface area contributed by atoms with Gasteiger partial charge in [0.25, 0.3) is 0 Å². The minimum absolute atomic E-state index is 0.215. The van der Waals surface area contributed by atoms with Gasteiger partial charge in [0.1, 0.15) is 0 Å². The summed E-state index contributed by atoms with van der Waals surface area (Å²) in [6, 6.07) is 8.27. The third-order valence-corrected chi connectivity index (χ3v) is 5.33. The van der Waals surface area contributed by atoms with E-state index in [0.29, 0.717) is 0 Å². The first-order valence-electron chi connectivity index (χ1n) is 5.50. The van der Waals surface area contributed by atoms with Crippen LogP contribution in [-0.2, 0) is 16.2 Å². The fourth-order valence-electron chi connectivity index (χ4n) is 2.83. The molecule has 0 aliphatic carbocycles. The highest BCUT2D eigenvalue weighted by molar-refractivity contribution is 7.85. The first kappa shape index (κ1) is 9.55. The monoisotopic (exact) mass is 221 g/mol. The number of rotatable bonds is 0. The summed E-state index contributed by atoms with van der Waals surface area (Å²) in [5.74, 6) is 0.841. The molecule has 1 aromatic rings. The van der Waals surface area contributed by atoms with Crippen molar-refractivity contribution in [1.82, 2.24) is 5.32 Å². The zero-order valence-electron chi connectivity index (χ0n) is 8.66. The second-order valence-electron chi connectivity index (χ2n) is 4.52. The van der Waals surface area contributed by atoms with Crippen LogP contribution in [0.25, 0.3) is 0 Å². The van der Waals surface area contributed by atoms with Crippen molar-refractivity contribution in [2.24, 2.45) is 0 Å². The molecule has 80 valence electrons. The lowest BCUT2D eigenvalue weighted by Crippen LogP contribution is -2.40. The summed E-state index contributed by atoms with van der Waals surface area (Å²) in [4.78, 5) is 1.08. The maximum absolute atomic E-state index is 12.0.